The molecule has 2 fully saturated rings. The van der Waals surface area contributed by atoms with Crippen LogP contribution >= 0.6 is 11.8 Å². The minimum Gasteiger partial charge on any atom is -0.480 e. The first-order valence-corrected chi connectivity index (χ1v) is 5.92. The molecule has 1 heterocycles. The van der Waals surface area contributed by atoms with Crippen molar-refractivity contribution in [1.29, 1.82) is 0 Å². The molecule has 2 unspecified atom stereocenters. The summed E-state index contributed by atoms with van der Waals surface area (Å²) in [6, 6.07) is -0.299. The molecule has 13 heavy (non-hydrogen) atoms. The molecular formula is C9H15NO2S. The van der Waals surface area contributed by atoms with Crippen LogP contribution in [0.25, 0.3) is 0 Å². The molecule has 0 amide bonds. The molecule has 2 rings (SSSR count). The largest absolute Gasteiger partial charge is 0.480 e. The number of rotatable bonds is 2. The van der Waals surface area contributed by atoms with Crippen molar-refractivity contribution in [2.45, 2.75) is 37.1 Å². The van der Waals surface area contributed by atoms with Crippen LogP contribution in [-0.4, -0.2) is 28.2 Å². The summed E-state index contributed by atoms with van der Waals surface area (Å²) >= 11 is 1.89. The van der Waals surface area contributed by atoms with Crippen molar-refractivity contribution in [3.8, 4) is 0 Å². The van der Waals surface area contributed by atoms with E-state index in [1.165, 1.54) is 19.3 Å². The zero-order valence-electron chi connectivity index (χ0n) is 7.53. The maximum Gasteiger partial charge on any atom is 0.320 e. The highest BCUT2D eigenvalue weighted by Gasteiger charge is 2.33. The summed E-state index contributed by atoms with van der Waals surface area (Å²) in [5.41, 5.74) is 0. The van der Waals surface area contributed by atoms with Gasteiger partial charge in [-0.25, -0.2) is 0 Å². The monoisotopic (exact) mass is 201 g/mol. The van der Waals surface area contributed by atoms with E-state index in [9.17, 15) is 4.79 Å². The molecule has 4 heteroatoms. The van der Waals surface area contributed by atoms with Gasteiger partial charge in [0.05, 0.1) is 5.37 Å². The minimum atomic E-state index is -0.690. The molecule has 0 spiro atoms. The van der Waals surface area contributed by atoms with E-state index in [4.69, 9.17) is 5.11 Å². The Hall–Kier alpha value is -0.220. The van der Waals surface area contributed by atoms with Gasteiger partial charge in [-0.15, -0.1) is 11.8 Å². The lowest BCUT2D eigenvalue weighted by molar-refractivity contribution is -0.139. The maximum atomic E-state index is 10.8. The first kappa shape index (κ1) is 9.34. The summed E-state index contributed by atoms with van der Waals surface area (Å²) in [6.07, 6.45) is 4.64. The molecule has 0 aromatic carbocycles. The predicted molar refractivity (Wildman–Crippen MR) is 52.8 cm³/mol. The third kappa shape index (κ3) is 1.99. The molecule has 74 valence electrons. The van der Waals surface area contributed by atoms with Gasteiger partial charge < -0.3 is 5.11 Å². The molecule has 1 saturated carbocycles. The number of hydrogen-bond donors (Lipinski definition) is 2. The molecule has 1 aliphatic heterocycles. The zero-order chi connectivity index (χ0) is 9.26. The fraction of sp³-hybridized carbons (Fsp3) is 0.889. The Morgan fingerprint density at radius 3 is 2.69 bits per heavy atom. The molecule has 0 aromatic heterocycles. The second-order valence-corrected chi connectivity index (χ2v) is 5.08. The van der Waals surface area contributed by atoms with Crippen LogP contribution in [0.3, 0.4) is 0 Å². The lowest BCUT2D eigenvalue weighted by atomic mass is 9.85. The zero-order valence-corrected chi connectivity index (χ0v) is 8.35. The first-order chi connectivity index (χ1) is 6.27. The predicted octanol–water partition coefficient (Wildman–Crippen LogP) is 1.29. The van der Waals surface area contributed by atoms with Gasteiger partial charge in [-0.05, 0) is 30.9 Å². The van der Waals surface area contributed by atoms with Crippen LogP contribution in [0.4, 0.5) is 0 Å². The van der Waals surface area contributed by atoms with E-state index in [2.05, 4.69) is 5.32 Å². The van der Waals surface area contributed by atoms with Gasteiger partial charge in [-0.2, -0.15) is 0 Å². The number of hydrogen-bond acceptors (Lipinski definition) is 3. The molecule has 0 radical (unpaired) electrons. The fourth-order valence-electron chi connectivity index (χ4n) is 1.85. The average Bonchev–Trinajstić information content (AvgIpc) is 2.01. The number of aliphatic carboxylic acids is 1. The Kier molecular flexibility index (Phi) is 2.79. The molecule has 2 atom stereocenters. The molecule has 0 bridgehead atoms. The van der Waals surface area contributed by atoms with E-state index in [-0.39, 0.29) is 6.04 Å². The Morgan fingerprint density at radius 1 is 1.38 bits per heavy atom. The van der Waals surface area contributed by atoms with Crippen LogP contribution in [0.5, 0.6) is 0 Å². The average molecular weight is 201 g/mol. The van der Waals surface area contributed by atoms with Gasteiger partial charge in [-0.1, -0.05) is 6.42 Å². The summed E-state index contributed by atoms with van der Waals surface area (Å²) in [7, 11) is 0. The quantitative estimate of drug-likeness (QED) is 0.707. The van der Waals surface area contributed by atoms with Crippen LogP contribution in [-0.2, 0) is 4.79 Å². The number of carboxylic acid groups (broad SMARTS) is 1. The molecule has 0 aromatic rings. The van der Waals surface area contributed by atoms with Gasteiger partial charge in [0.2, 0.25) is 0 Å². The Balaban J connectivity index is 1.87. The molecule has 1 saturated heterocycles. The van der Waals surface area contributed by atoms with Crippen LogP contribution in [0.1, 0.15) is 25.7 Å². The van der Waals surface area contributed by atoms with Gasteiger partial charge in [-0.3, -0.25) is 10.1 Å². The van der Waals surface area contributed by atoms with Gasteiger partial charge in [0.1, 0.15) is 6.04 Å². The lowest BCUT2D eigenvalue weighted by Gasteiger charge is -2.38. The minimum absolute atomic E-state index is 0.299. The number of carboxylic acids is 1. The van der Waals surface area contributed by atoms with Crippen LogP contribution in [0.2, 0.25) is 0 Å². The normalized spacial score (nSPS) is 35.4. The number of carbonyl (C=O) groups is 1. The first-order valence-electron chi connectivity index (χ1n) is 4.88. The smallest absolute Gasteiger partial charge is 0.320 e. The van der Waals surface area contributed by atoms with E-state index in [1.807, 2.05) is 11.8 Å². The van der Waals surface area contributed by atoms with E-state index in [0.29, 0.717) is 5.37 Å². The standard InChI is InChI=1S/C9H15NO2S/c11-9(12)7-4-5-13-8(10-7)6-2-1-3-6/h6-8,10H,1-5H2,(H,11,12). The molecular weight excluding hydrogens is 186 g/mol. The van der Waals surface area contributed by atoms with Gasteiger partial charge in [0.25, 0.3) is 0 Å². The van der Waals surface area contributed by atoms with Gasteiger partial charge in [0.15, 0.2) is 0 Å². The Morgan fingerprint density at radius 2 is 2.15 bits per heavy atom. The van der Waals surface area contributed by atoms with E-state index in [1.54, 1.807) is 0 Å². The summed E-state index contributed by atoms with van der Waals surface area (Å²) in [6.45, 7) is 0. The van der Waals surface area contributed by atoms with Crippen molar-refractivity contribution in [2.75, 3.05) is 5.75 Å². The number of thioether (sulfide) groups is 1. The van der Waals surface area contributed by atoms with Crippen molar-refractivity contribution < 1.29 is 9.90 Å². The second-order valence-electron chi connectivity index (χ2n) is 3.83. The van der Waals surface area contributed by atoms with Crippen LogP contribution < -0.4 is 5.32 Å². The lowest BCUT2D eigenvalue weighted by Crippen LogP contribution is -2.49. The second kappa shape index (κ2) is 3.88. The highest BCUT2D eigenvalue weighted by Crippen LogP contribution is 2.36. The maximum absolute atomic E-state index is 10.8. The summed E-state index contributed by atoms with van der Waals surface area (Å²) in [4.78, 5) is 10.8. The van der Waals surface area contributed by atoms with Crippen LogP contribution in [0, 0.1) is 5.92 Å². The van der Waals surface area contributed by atoms with Gasteiger partial charge in [0, 0.05) is 0 Å². The third-order valence-corrected chi connectivity index (χ3v) is 4.30. The summed E-state index contributed by atoms with van der Waals surface area (Å²) in [5, 5.41) is 12.5. The van der Waals surface area contributed by atoms with Gasteiger partial charge >= 0.3 is 5.97 Å². The van der Waals surface area contributed by atoms with Crippen molar-refractivity contribution in [3.63, 3.8) is 0 Å². The molecule has 3 nitrogen and oxygen atoms in total. The highest BCUT2D eigenvalue weighted by molar-refractivity contribution is 7.99. The topological polar surface area (TPSA) is 49.3 Å². The third-order valence-electron chi connectivity index (χ3n) is 2.95. The van der Waals surface area contributed by atoms with E-state index >= 15 is 0 Å². The van der Waals surface area contributed by atoms with Crippen molar-refractivity contribution in [3.05, 3.63) is 0 Å². The van der Waals surface area contributed by atoms with E-state index in [0.717, 1.165) is 18.1 Å². The Labute approximate surface area is 82.3 Å². The van der Waals surface area contributed by atoms with Crippen molar-refractivity contribution in [2.24, 2.45) is 5.92 Å². The highest BCUT2D eigenvalue weighted by atomic mass is 32.2. The SMILES string of the molecule is O=C(O)C1CCSC(C2CCC2)N1. The van der Waals surface area contributed by atoms with E-state index < -0.39 is 5.97 Å². The fourth-order valence-corrected chi connectivity index (χ4v) is 3.28. The Bertz CT molecular complexity index is 206. The molecule has 2 N–H and O–H groups in total. The number of nitrogens with one attached hydrogen (secondary N) is 1. The van der Waals surface area contributed by atoms with Crippen molar-refractivity contribution in [1.82, 2.24) is 5.32 Å². The summed E-state index contributed by atoms with van der Waals surface area (Å²) < 4.78 is 0. The summed E-state index contributed by atoms with van der Waals surface area (Å²) in [5.74, 6) is 1.03. The molecule has 1 aliphatic carbocycles. The molecule has 2 aliphatic rings. The van der Waals surface area contributed by atoms with Crippen molar-refractivity contribution >= 4 is 17.7 Å². The van der Waals surface area contributed by atoms with Crippen LogP contribution in [0.15, 0.2) is 0 Å².